The van der Waals surface area contributed by atoms with Crippen molar-refractivity contribution < 1.29 is 4.79 Å². The first kappa shape index (κ1) is 17.6. The van der Waals surface area contributed by atoms with Gasteiger partial charge in [0.1, 0.15) is 5.82 Å². The summed E-state index contributed by atoms with van der Waals surface area (Å²) in [6, 6.07) is 9.56. The van der Waals surface area contributed by atoms with Gasteiger partial charge in [-0.3, -0.25) is 4.79 Å². The van der Waals surface area contributed by atoms with Crippen molar-refractivity contribution in [2.45, 2.75) is 49.9 Å². The van der Waals surface area contributed by atoms with Crippen LogP contribution in [-0.4, -0.2) is 20.6 Å². The molecule has 4 bridgehead atoms. The molecule has 27 heavy (non-hydrogen) atoms. The van der Waals surface area contributed by atoms with Gasteiger partial charge in [0.15, 0.2) is 0 Å². The highest BCUT2D eigenvalue weighted by atomic mass is 35.5. The van der Waals surface area contributed by atoms with Gasteiger partial charge in [-0.25, -0.2) is 4.68 Å². The lowest BCUT2D eigenvalue weighted by atomic mass is 9.49. The molecule has 4 aliphatic rings. The highest BCUT2D eigenvalue weighted by molar-refractivity contribution is 6.30. The molecule has 0 spiro atoms. The van der Waals surface area contributed by atoms with Crippen LogP contribution in [0.25, 0.3) is 0 Å². The minimum absolute atomic E-state index is 0.125. The van der Waals surface area contributed by atoms with Gasteiger partial charge < -0.3 is 5.32 Å². The van der Waals surface area contributed by atoms with E-state index in [0.29, 0.717) is 23.4 Å². The van der Waals surface area contributed by atoms with Gasteiger partial charge in [0.2, 0.25) is 5.91 Å². The molecule has 0 saturated heterocycles. The van der Waals surface area contributed by atoms with E-state index in [1.54, 1.807) is 6.20 Å². The average molecular weight is 404 g/mol. The molecule has 4 fully saturated rings. The van der Waals surface area contributed by atoms with E-state index in [2.05, 4.69) is 10.4 Å². The number of aromatic nitrogens is 2. The van der Waals surface area contributed by atoms with Crippen LogP contribution in [0.3, 0.4) is 0 Å². The fourth-order valence-corrected chi connectivity index (χ4v) is 6.81. The molecule has 2 aromatic rings. The van der Waals surface area contributed by atoms with Crippen LogP contribution < -0.4 is 5.32 Å². The molecule has 1 aromatic heterocycles. The second-order valence-electron chi connectivity index (χ2n) is 8.85. The Bertz CT molecular complexity index is 862. The maximum atomic E-state index is 13.3. The molecule has 6 heteroatoms. The van der Waals surface area contributed by atoms with Gasteiger partial charge >= 0.3 is 0 Å². The van der Waals surface area contributed by atoms with Crippen LogP contribution in [0.4, 0.5) is 5.82 Å². The third-order valence-corrected chi connectivity index (χ3v) is 7.37. The van der Waals surface area contributed by atoms with Crippen LogP contribution >= 0.6 is 23.2 Å². The van der Waals surface area contributed by atoms with E-state index < -0.39 is 0 Å². The number of anilines is 1. The zero-order chi connectivity index (χ0) is 18.6. The Balaban J connectivity index is 1.35. The largest absolute Gasteiger partial charge is 0.310 e. The molecule has 4 aliphatic carbocycles. The minimum atomic E-state index is -0.304. The second-order valence-corrected chi connectivity index (χ2v) is 10.1. The molecule has 142 valence electrons. The standard InChI is InChI=1S/C21H23Cl2N3O/c22-17-3-1-14(2-4-17)12-26-18(5-6-24-26)25-19(27)20-8-15-7-16(9-20)11-21(23,10-15)13-20/h1-6,15-16H,7-13H2,(H,25,27). The topological polar surface area (TPSA) is 46.9 Å². The quantitative estimate of drug-likeness (QED) is 0.721. The van der Waals surface area contributed by atoms with E-state index in [1.165, 1.54) is 6.42 Å². The highest BCUT2D eigenvalue weighted by Crippen LogP contribution is 2.64. The summed E-state index contributed by atoms with van der Waals surface area (Å²) in [5, 5.41) is 8.28. The Labute approximate surface area is 169 Å². The summed E-state index contributed by atoms with van der Waals surface area (Å²) < 4.78 is 1.83. The van der Waals surface area contributed by atoms with Gasteiger partial charge in [-0.2, -0.15) is 5.10 Å². The number of hydrogen-bond donors (Lipinski definition) is 1. The molecule has 4 nitrogen and oxygen atoms in total. The first-order valence-corrected chi connectivity index (χ1v) is 10.5. The number of carbonyl (C=O) groups excluding carboxylic acids is 1. The summed E-state index contributed by atoms with van der Waals surface area (Å²) >= 11 is 12.9. The van der Waals surface area contributed by atoms with Crippen LogP contribution in [0.2, 0.25) is 5.02 Å². The first-order chi connectivity index (χ1) is 12.9. The van der Waals surface area contributed by atoms with Crippen molar-refractivity contribution in [2.24, 2.45) is 17.3 Å². The number of alkyl halides is 1. The number of carbonyl (C=O) groups is 1. The number of amides is 1. The molecule has 4 saturated carbocycles. The van der Waals surface area contributed by atoms with Gasteiger partial charge in [0, 0.05) is 16.0 Å². The number of benzene rings is 1. The Morgan fingerprint density at radius 1 is 1.15 bits per heavy atom. The molecular weight excluding hydrogens is 381 g/mol. The smallest absolute Gasteiger partial charge is 0.231 e. The maximum absolute atomic E-state index is 13.3. The van der Waals surface area contributed by atoms with Crippen molar-refractivity contribution in [3.05, 3.63) is 47.1 Å². The molecule has 2 unspecified atom stereocenters. The number of rotatable bonds is 4. The molecule has 1 aromatic carbocycles. The van der Waals surface area contributed by atoms with Gasteiger partial charge in [-0.05, 0) is 68.1 Å². The van der Waals surface area contributed by atoms with Gasteiger partial charge in [-0.15, -0.1) is 11.6 Å². The third kappa shape index (κ3) is 3.17. The number of halogens is 2. The fourth-order valence-electron chi connectivity index (χ4n) is 5.99. The van der Waals surface area contributed by atoms with E-state index in [1.807, 2.05) is 35.0 Å². The fraction of sp³-hybridized carbons (Fsp3) is 0.524. The Morgan fingerprint density at radius 3 is 2.52 bits per heavy atom. The minimum Gasteiger partial charge on any atom is -0.310 e. The summed E-state index contributed by atoms with van der Waals surface area (Å²) in [4.78, 5) is 13.2. The Kier molecular flexibility index (Phi) is 4.07. The Hall–Kier alpha value is -1.52. The van der Waals surface area contributed by atoms with E-state index in [0.717, 1.165) is 43.5 Å². The SMILES string of the molecule is O=C(Nc1ccnn1Cc1ccc(Cl)cc1)C12CC3CC(CC(Cl)(C3)C1)C2. The summed E-state index contributed by atoms with van der Waals surface area (Å²) in [5.74, 6) is 2.08. The van der Waals surface area contributed by atoms with Gasteiger partial charge in [-0.1, -0.05) is 23.7 Å². The molecular formula is C21H23Cl2N3O. The number of hydrogen-bond acceptors (Lipinski definition) is 2. The van der Waals surface area contributed by atoms with Gasteiger partial charge in [0.25, 0.3) is 0 Å². The number of nitrogens with one attached hydrogen (secondary N) is 1. The average Bonchev–Trinajstić information content (AvgIpc) is 3.01. The van der Waals surface area contributed by atoms with Crippen LogP contribution in [0.1, 0.15) is 44.1 Å². The zero-order valence-corrected chi connectivity index (χ0v) is 16.6. The van der Waals surface area contributed by atoms with Crippen LogP contribution in [0.15, 0.2) is 36.5 Å². The van der Waals surface area contributed by atoms with Crippen molar-refractivity contribution in [2.75, 3.05) is 5.32 Å². The lowest BCUT2D eigenvalue weighted by Crippen LogP contribution is -2.57. The highest BCUT2D eigenvalue weighted by Gasteiger charge is 2.60. The number of nitrogens with zero attached hydrogens (tertiary/aromatic N) is 2. The molecule has 1 heterocycles. The van der Waals surface area contributed by atoms with E-state index in [4.69, 9.17) is 23.2 Å². The predicted octanol–water partition coefficient (Wildman–Crippen LogP) is 5.10. The predicted molar refractivity (Wildman–Crippen MR) is 107 cm³/mol. The summed E-state index contributed by atoms with van der Waals surface area (Å²) in [6.45, 7) is 0.595. The normalized spacial score (nSPS) is 34.0. The maximum Gasteiger partial charge on any atom is 0.231 e. The van der Waals surface area contributed by atoms with Crippen LogP contribution in [0.5, 0.6) is 0 Å². The third-order valence-electron chi connectivity index (χ3n) is 6.68. The van der Waals surface area contributed by atoms with Crippen molar-refractivity contribution in [1.82, 2.24) is 9.78 Å². The summed E-state index contributed by atoms with van der Waals surface area (Å²) in [7, 11) is 0. The van der Waals surface area contributed by atoms with E-state index >= 15 is 0 Å². The lowest BCUT2D eigenvalue weighted by Gasteiger charge is -2.59. The van der Waals surface area contributed by atoms with Crippen LogP contribution in [-0.2, 0) is 11.3 Å². The van der Waals surface area contributed by atoms with Crippen molar-refractivity contribution in [3.8, 4) is 0 Å². The van der Waals surface area contributed by atoms with Crippen molar-refractivity contribution in [1.29, 1.82) is 0 Å². The molecule has 6 rings (SSSR count). The summed E-state index contributed by atoms with van der Waals surface area (Å²) in [5.41, 5.74) is 0.786. The van der Waals surface area contributed by atoms with Gasteiger partial charge in [0.05, 0.1) is 18.2 Å². The monoisotopic (exact) mass is 403 g/mol. The molecule has 2 atom stereocenters. The van der Waals surface area contributed by atoms with Crippen molar-refractivity contribution >= 4 is 34.9 Å². The molecule has 0 aliphatic heterocycles. The Morgan fingerprint density at radius 2 is 1.85 bits per heavy atom. The molecule has 1 N–H and O–H groups in total. The zero-order valence-electron chi connectivity index (χ0n) is 15.1. The van der Waals surface area contributed by atoms with E-state index in [-0.39, 0.29) is 16.2 Å². The lowest BCUT2D eigenvalue weighted by molar-refractivity contribution is -0.138. The van der Waals surface area contributed by atoms with Crippen molar-refractivity contribution in [3.63, 3.8) is 0 Å². The molecule has 1 amide bonds. The molecule has 0 radical (unpaired) electrons. The second kappa shape index (κ2) is 6.25. The van der Waals surface area contributed by atoms with E-state index in [9.17, 15) is 4.79 Å². The summed E-state index contributed by atoms with van der Waals surface area (Å²) in [6.07, 6.45) is 7.91. The van der Waals surface area contributed by atoms with Crippen LogP contribution in [0, 0.1) is 17.3 Å². The first-order valence-electron chi connectivity index (χ1n) is 9.70.